The molecule has 0 aliphatic rings. The SMILES string of the molecule is CCNCC(C)C(=O)N[C@@H](C)c1ccccc1C. The van der Waals surface area contributed by atoms with Crippen molar-refractivity contribution in [2.45, 2.75) is 33.7 Å². The van der Waals surface area contributed by atoms with E-state index in [1.165, 1.54) is 11.1 Å². The Morgan fingerprint density at radius 3 is 2.56 bits per heavy atom. The zero-order valence-electron chi connectivity index (χ0n) is 11.8. The van der Waals surface area contributed by atoms with E-state index in [1.807, 2.05) is 32.9 Å². The first-order valence-electron chi connectivity index (χ1n) is 6.62. The first-order valence-corrected chi connectivity index (χ1v) is 6.62. The van der Waals surface area contributed by atoms with Crippen LogP contribution < -0.4 is 10.6 Å². The first-order chi connectivity index (χ1) is 8.56. The summed E-state index contributed by atoms with van der Waals surface area (Å²) in [6.45, 7) is 9.71. The predicted octanol–water partition coefficient (Wildman–Crippen LogP) is 2.42. The Labute approximate surface area is 110 Å². The van der Waals surface area contributed by atoms with Gasteiger partial charge in [-0.3, -0.25) is 4.79 Å². The van der Waals surface area contributed by atoms with Crippen LogP contribution in [0.5, 0.6) is 0 Å². The minimum absolute atomic E-state index is 0.00332. The van der Waals surface area contributed by atoms with Crippen molar-refractivity contribution in [2.24, 2.45) is 5.92 Å². The Hall–Kier alpha value is -1.35. The normalized spacial score (nSPS) is 14.0. The smallest absolute Gasteiger partial charge is 0.224 e. The molecule has 0 bridgehead atoms. The van der Waals surface area contributed by atoms with E-state index in [0.717, 1.165) is 13.1 Å². The van der Waals surface area contributed by atoms with Gasteiger partial charge in [0.05, 0.1) is 6.04 Å². The van der Waals surface area contributed by atoms with Gasteiger partial charge in [-0.05, 0) is 31.5 Å². The molecular weight excluding hydrogens is 224 g/mol. The molecule has 0 heterocycles. The maximum Gasteiger partial charge on any atom is 0.224 e. The van der Waals surface area contributed by atoms with Gasteiger partial charge in [-0.1, -0.05) is 38.1 Å². The Morgan fingerprint density at radius 1 is 1.28 bits per heavy atom. The molecule has 2 N–H and O–H groups in total. The number of hydrogen-bond donors (Lipinski definition) is 2. The molecule has 2 atom stereocenters. The van der Waals surface area contributed by atoms with Gasteiger partial charge in [0, 0.05) is 12.5 Å². The van der Waals surface area contributed by atoms with Gasteiger partial charge in [-0.25, -0.2) is 0 Å². The Bertz CT molecular complexity index is 390. The van der Waals surface area contributed by atoms with Crippen molar-refractivity contribution in [2.75, 3.05) is 13.1 Å². The van der Waals surface area contributed by atoms with E-state index in [1.54, 1.807) is 0 Å². The number of carbonyl (C=O) groups is 1. The lowest BCUT2D eigenvalue weighted by Crippen LogP contribution is -2.36. The first kappa shape index (κ1) is 14.7. The molecule has 1 aromatic rings. The van der Waals surface area contributed by atoms with Crippen molar-refractivity contribution in [3.8, 4) is 0 Å². The van der Waals surface area contributed by atoms with Crippen molar-refractivity contribution in [1.29, 1.82) is 0 Å². The van der Waals surface area contributed by atoms with Crippen LogP contribution in [0.15, 0.2) is 24.3 Å². The number of rotatable bonds is 6. The van der Waals surface area contributed by atoms with Crippen LogP contribution >= 0.6 is 0 Å². The standard InChI is InChI=1S/C15H24N2O/c1-5-16-10-12(3)15(18)17-13(4)14-9-7-6-8-11(14)2/h6-9,12-13,16H,5,10H2,1-4H3,(H,17,18)/t12?,13-/m0/s1. The van der Waals surface area contributed by atoms with Gasteiger partial charge in [0.1, 0.15) is 0 Å². The molecule has 1 aromatic carbocycles. The van der Waals surface area contributed by atoms with Crippen molar-refractivity contribution in [3.05, 3.63) is 35.4 Å². The molecule has 3 heteroatoms. The van der Waals surface area contributed by atoms with Gasteiger partial charge < -0.3 is 10.6 Å². The van der Waals surface area contributed by atoms with Crippen molar-refractivity contribution < 1.29 is 4.79 Å². The van der Waals surface area contributed by atoms with Crippen LogP contribution in [0, 0.1) is 12.8 Å². The fourth-order valence-corrected chi connectivity index (χ4v) is 1.96. The average molecular weight is 248 g/mol. The molecular formula is C15H24N2O. The average Bonchev–Trinajstić information content (AvgIpc) is 2.36. The summed E-state index contributed by atoms with van der Waals surface area (Å²) >= 11 is 0. The molecule has 0 saturated heterocycles. The highest BCUT2D eigenvalue weighted by Crippen LogP contribution is 2.16. The second kappa shape index (κ2) is 7.17. The number of aryl methyl sites for hydroxylation is 1. The van der Waals surface area contributed by atoms with E-state index >= 15 is 0 Å². The quantitative estimate of drug-likeness (QED) is 0.811. The van der Waals surface area contributed by atoms with Crippen molar-refractivity contribution in [3.63, 3.8) is 0 Å². The van der Waals surface area contributed by atoms with Crippen LogP contribution in [0.25, 0.3) is 0 Å². The van der Waals surface area contributed by atoms with E-state index in [2.05, 4.69) is 29.7 Å². The van der Waals surface area contributed by atoms with Gasteiger partial charge >= 0.3 is 0 Å². The lowest BCUT2D eigenvalue weighted by Gasteiger charge is -2.19. The van der Waals surface area contributed by atoms with Gasteiger partial charge in [-0.2, -0.15) is 0 Å². The van der Waals surface area contributed by atoms with Crippen molar-refractivity contribution in [1.82, 2.24) is 10.6 Å². The predicted molar refractivity (Wildman–Crippen MR) is 75.4 cm³/mol. The summed E-state index contributed by atoms with van der Waals surface area (Å²) in [5.41, 5.74) is 2.39. The highest BCUT2D eigenvalue weighted by molar-refractivity contribution is 5.79. The number of carbonyl (C=O) groups excluding carboxylic acids is 1. The van der Waals surface area contributed by atoms with Crippen LogP contribution in [0.2, 0.25) is 0 Å². The molecule has 1 rings (SSSR count). The molecule has 0 aromatic heterocycles. The van der Waals surface area contributed by atoms with Gasteiger partial charge in [0.25, 0.3) is 0 Å². The zero-order chi connectivity index (χ0) is 13.5. The molecule has 1 unspecified atom stereocenters. The van der Waals surface area contributed by atoms with E-state index < -0.39 is 0 Å². The maximum atomic E-state index is 12.0. The van der Waals surface area contributed by atoms with E-state index in [4.69, 9.17) is 0 Å². The molecule has 0 saturated carbocycles. The Morgan fingerprint density at radius 2 is 1.94 bits per heavy atom. The van der Waals surface area contributed by atoms with Gasteiger partial charge in [0.2, 0.25) is 5.91 Å². The third-order valence-corrected chi connectivity index (χ3v) is 3.16. The molecule has 0 aliphatic carbocycles. The second-order valence-electron chi connectivity index (χ2n) is 4.80. The lowest BCUT2D eigenvalue weighted by molar-refractivity contribution is -0.125. The number of hydrogen-bond acceptors (Lipinski definition) is 2. The summed E-state index contributed by atoms with van der Waals surface area (Å²) in [6, 6.07) is 8.21. The zero-order valence-corrected chi connectivity index (χ0v) is 11.8. The number of nitrogens with one attached hydrogen (secondary N) is 2. The lowest BCUT2D eigenvalue weighted by atomic mass is 10.0. The molecule has 3 nitrogen and oxygen atoms in total. The van der Waals surface area contributed by atoms with Crippen LogP contribution in [-0.4, -0.2) is 19.0 Å². The van der Waals surface area contributed by atoms with Gasteiger partial charge in [-0.15, -0.1) is 0 Å². The molecule has 0 radical (unpaired) electrons. The molecule has 0 aliphatic heterocycles. The van der Waals surface area contributed by atoms with Gasteiger partial charge in [0.15, 0.2) is 0 Å². The Kier molecular flexibility index (Phi) is 5.86. The fourth-order valence-electron chi connectivity index (χ4n) is 1.96. The molecule has 1 amide bonds. The summed E-state index contributed by atoms with van der Waals surface area (Å²) in [5.74, 6) is 0.100. The molecule has 18 heavy (non-hydrogen) atoms. The minimum atomic E-state index is -0.00332. The largest absolute Gasteiger partial charge is 0.349 e. The van der Waals surface area contributed by atoms with Crippen LogP contribution in [0.1, 0.15) is 37.9 Å². The second-order valence-corrected chi connectivity index (χ2v) is 4.80. The summed E-state index contributed by atoms with van der Waals surface area (Å²) in [6.07, 6.45) is 0. The summed E-state index contributed by atoms with van der Waals surface area (Å²) in [7, 11) is 0. The fraction of sp³-hybridized carbons (Fsp3) is 0.533. The van der Waals surface area contributed by atoms with E-state index in [-0.39, 0.29) is 17.9 Å². The third-order valence-electron chi connectivity index (χ3n) is 3.16. The highest BCUT2D eigenvalue weighted by atomic mass is 16.1. The van der Waals surface area contributed by atoms with Crippen LogP contribution in [0.4, 0.5) is 0 Å². The highest BCUT2D eigenvalue weighted by Gasteiger charge is 2.16. The minimum Gasteiger partial charge on any atom is -0.349 e. The third kappa shape index (κ3) is 4.15. The summed E-state index contributed by atoms with van der Waals surface area (Å²) in [5, 5.41) is 6.26. The summed E-state index contributed by atoms with van der Waals surface area (Å²) in [4.78, 5) is 12.0. The summed E-state index contributed by atoms with van der Waals surface area (Å²) < 4.78 is 0. The van der Waals surface area contributed by atoms with Crippen LogP contribution in [-0.2, 0) is 4.79 Å². The molecule has 0 spiro atoms. The maximum absolute atomic E-state index is 12.0. The van der Waals surface area contributed by atoms with E-state index in [9.17, 15) is 4.79 Å². The Balaban J connectivity index is 2.57. The number of benzene rings is 1. The topological polar surface area (TPSA) is 41.1 Å². The van der Waals surface area contributed by atoms with Crippen molar-refractivity contribution >= 4 is 5.91 Å². The monoisotopic (exact) mass is 248 g/mol. The van der Waals surface area contributed by atoms with Crippen LogP contribution in [0.3, 0.4) is 0 Å². The molecule has 0 fully saturated rings. The molecule has 100 valence electrons. The number of amides is 1. The van der Waals surface area contributed by atoms with E-state index in [0.29, 0.717) is 0 Å².